The highest BCUT2D eigenvalue weighted by atomic mass is 16.5. The highest BCUT2D eigenvalue weighted by Crippen LogP contribution is 2.18. The zero-order valence-corrected chi connectivity index (χ0v) is 13.3. The van der Waals surface area contributed by atoms with Crippen molar-refractivity contribution in [2.24, 2.45) is 5.92 Å². The van der Waals surface area contributed by atoms with E-state index in [1.165, 1.54) is 5.56 Å². The number of hydrogen-bond acceptors (Lipinski definition) is 3. The molecule has 1 aliphatic heterocycles. The minimum atomic E-state index is -0.236. The molecule has 2 rings (SSSR count). The van der Waals surface area contributed by atoms with E-state index in [0.717, 1.165) is 12.0 Å². The van der Waals surface area contributed by atoms with Crippen LogP contribution in [0.4, 0.5) is 0 Å². The lowest BCUT2D eigenvalue weighted by atomic mass is 10.1. The van der Waals surface area contributed by atoms with Gasteiger partial charge in [0.15, 0.2) is 0 Å². The Morgan fingerprint density at radius 1 is 1.36 bits per heavy atom. The van der Waals surface area contributed by atoms with Crippen molar-refractivity contribution in [3.8, 4) is 0 Å². The number of methoxy groups -OCH3 is 1. The van der Waals surface area contributed by atoms with E-state index in [9.17, 15) is 9.59 Å². The van der Waals surface area contributed by atoms with Gasteiger partial charge in [-0.2, -0.15) is 0 Å². The van der Waals surface area contributed by atoms with Crippen LogP contribution in [0, 0.1) is 12.8 Å². The van der Waals surface area contributed by atoms with Crippen LogP contribution < -0.4 is 5.32 Å². The van der Waals surface area contributed by atoms with Crippen LogP contribution in [0.2, 0.25) is 0 Å². The predicted octanol–water partition coefficient (Wildman–Crippen LogP) is 1.50. The number of hydrogen-bond donors (Lipinski definition) is 1. The Bertz CT molecular complexity index is 513. The van der Waals surface area contributed by atoms with E-state index in [4.69, 9.17) is 4.74 Å². The Labute approximate surface area is 131 Å². The summed E-state index contributed by atoms with van der Waals surface area (Å²) in [6, 6.07) is 8.06. The van der Waals surface area contributed by atoms with Gasteiger partial charge >= 0.3 is 0 Å². The summed E-state index contributed by atoms with van der Waals surface area (Å²) < 4.78 is 4.99. The molecule has 0 saturated carbocycles. The topological polar surface area (TPSA) is 58.6 Å². The van der Waals surface area contributed by atoms with Crippen LogP contribution in [0.5, 0.6) is 0 Å². The largest absolute Gasteiger partial charge is 0.385 e. The Morgan fingerprint density at radius 3 is 2.77 bits per heavy atom. The standard InChI is InChI=1S/C17H24N2O3/c1-13-4-6-14(7-5-13)11-18-17(21)15-10-16(20)19(12-15)8-3-9-22-2/h4-7,15H,3,8-12H2,1-2H3,(H,18,21). The average Bonchev–Trinajstić information content (AvgIpc) is 2.88. The minimum Gasteiger partial charge on any atom is -0.385 e. The maximum Gasteiger partial charge on any atom is 0.225 e. The Balaban J connectivity index is 1.78. The third-order valence-corrected chi connectivity index (χ3v) is 3.95. The van der Waals surface area contributed by atoms with Crippen molar-refractivity contribution in [1.82, 2.24) is 10.2 Å². The zero-order valence-electron chi connectivity index (χ0n) is 13.3. The molecule has 5 nitrogen and oxygen atoms in total. The highest BCUT2D eigenvalue weighted by molar-refractivity contribution is 5.89. The molecule has 0 bridgehead atoms. The van der Waals surface area contributed by atoms with Gasteiger partial charge in [-0.05, 0) is 18.9 Å². The number of aryl methyl sites for hydroxylation is 1. The summed E-state index contributed by atoms with van der Waals surface area (Å²) in [7, 11) is 1.65. The number of carbonyl (C=O) groups is 2. The van der Waals surface area contributed by atoms with Gasteiger partial charge in [0, 0.05) is 39.8 Å². The fourth-order valence-electron chi connectivity index (χ4n) is 2.60. The van der Waals surface area contributed by atoms with Crippen LogP contribution in [0.15, 0.2) is 24.3 Å². The first-order valence-electron chi connectivity index (χ1n) is 7.70. The van der Waals surface area contributed by atoms with Crippen molar-refractivity contribution in [2.75, 3.05) is 26.8 Å². The molecule has 1 aromatic rings. The van der Waals surface area contributed by atoms with E-state index < -0.39 is 0 Å². The van der Waals surface area contributed by atoms with Gasteiger partial charge in [0.1, 0.15) is 0 Å². The van der Waals surface area contributed by atoms with Crippen LogP contribution in [-0.2, 0) is 20.9 Å². The lowest BCUT2D eigenvalue weighted by Crippen LogP contribution is -2.33. The normalized spacial score (nSPS) is 17.8. The fourth-order valence-corrected chi connectivity index (χ4v) is 2.60. The molecule has 0 spiro atoms. The maximum atomic E-state index is 12.2. The molecule has 1 N–H and O–H groups in total. The maximum absolute atomic E-state index is 12.2. The summed E-state index contributed by atoms with van der Waals surface area (Å²) in [5, 5.41) is 2.93. The fraction of sp³-hybridized carbons (Fsp3) is 0.529. The van der Waals surface area contributed by atoms with Gasteiger partial charge in [-0.1, -0.05) is 29.8 Å². The molecule has 5 heteroatoms. The summed E-state index contributed by atoms with van der Waals surface area (Å²) in [6.45, 7) is 4.35. The molecule has 1 unspecified atom stereocenters. The average molecular weight is 304 g/mol. The van der Waals surface area contributed by atoms with Crippen molar-refractivity contribution in [3.05, 3.63) is 35.4 Å². The van der Waals surface area contributed by atoms with Crippen LogP contribution in [0.3, 0.4) is 0 Å². The first kappa shape index (κ1) is 16.5. The van der Waals surface area contributed by atoms with Crippen molar-refractivity contribution in [3.63, 3.8) is 0 Å². The number of likely N-dealkylation sites (tertiary alicyclic amines) is 1. The molecular formula is C17H24N2O3. The first-order valence-corrected chi connectivity index (χ1v) is 7.70. The second kappa shape index (κ2) is 7.94. The number of benzene rings is 1. The van der Waals surface area contributed by atoms with Gasteiger partial charge in [-0.15, -0.1) is 0 Å². The molecule has 0 aromatic heterocycles. The van der Waals surface area contributed by atoms with E-state index in [-0.39, 0.29) is 17.7 Å². The van der Waals surface area contributed by atoms with E-state index in [2.05, 4.69) is 5.32 Å². The van der Waals surface area contributed by atoms with Crippen LogP contribution in [-0.4, -0.2) is 43.5 Å². The number of nitrogens with zero attached hydrogens (tertiary/aromatic N) is 1. The molecule has 22 heavy (non-hydrogen) atoms. The minimum absolute atomic E-state index is 0.0387. The predicted molar refractivity (Wildman–Crippen MR) is 84.2 cm³/mol. The second-order valence-electron chi connectivity index (χ2n) is 5.79. The van der Waals surface area contributed by atoms with E-state index in [0.29, 0.717) is 32.7 Å². The summed E-state index contributed by atoms with van der Waals surface area (Å²) in [4.78, 5) is 25.9. The number of amides is 2. The van der Waals surface area contributed by atoms with E-state index in [1.54, 1.807) is 12.0 Å². The lowest BCUT2D eigenvalue weighted by Gasteiger charge is -2.16. The molecule has 1 atom stereocenters. The van der Waals surface area contributed by atoms with E-state index >= 15 is 0 Å². The molecule has 1 heterocycles. The first-order chi connectivity index (χ1) is 10.6. The molecule has 0 radical (unpaired) electrons. The summed E-state index contributed by atoms with van der Waals surface area (Å²) in [5.74, 6) is -0.213. The van der Waals surface area contributed by atoms with Crippen molar-refractivity contribution in [1.29, 1.82) is 0 Å². The molecule has 1 aliphatic rings. The van der Waals surface area contributed by atoms with Crippen LogP contribution in [0.25, 0.3) is 0 Å². The van der Waals surface area contributed by atoms with Crippen molar-refractivity contribution >= 4 is 11.8 Å². The van der Waals surface area contributed by atoms with Gasteiger partial charge in [0.2, 0.25) is 11.8 Å². The zero-order chi connectivity index (χ0) is 15.9. The third kappa shape index (κ3) is 4.56. The van der Waals surface area contributed by atoms with Gasteiger partial charge in [0.05, 0.1) is 5.92 Å². The van der Waals surface area contributed by atoms with Crippen molar-refractivity contribution < 1.29 is 14.3 Å². The Morgan fingerprint density at radius 2 is 2.09 bits per heavy atom. The van der Waals surface area contributed by atoms with E-state index in [1.807, 2.05) is 31.2 Å². The molecule has 1 fully saturated rings. The smallest absolute Gasteiger partial charge is 0.225 e. The van der Waals surface area contributed by atoms with Gasteiger partial charge in [-0.3, -0.25) is 9.59 Å². The molecular weight excluding hydrogens is 280 g/mol. The quantitative estimate of drug-likeness (QED) is 0.777. The van der Waals surface area contributed by atoms with Gasteiger partial charge < -0.3 is 15.0 Å². The SMILES string of the molecule is COCCCN1CC(C(=O)NCc2ccc(C)cc2)CC1=O. The van der Waals surface area contributed by atoms with Crippen LogP contribution >= 0.6 is 0 Å². The molecule has 0 aliphatic carbocycles. The number of carbonyl (C=O) groups excluding carboxylic acids is 2. The lowest BCUT2D eigenvalue weighted by molar-refractivity contribution is -0.129. The monoisotopic (exact) mass is 304 g/mol. The highest BCUT2D eigenvalue weighted by Gasteiger charge is 2.33. The molecule has 2 amide bonds. The molecule has 1 aromatic carbocycles. The number of rotatable bonds is 7. The second-order valence-corrected chi connectivity index (χ2v) is 5.79. The number of nitrogens with one attached hydrogen (secondary N) is 1. The Hall–Kier alpha value is -1.88. The number of ether oxygens (including phenoxy) is 1. The molecule has 1 saturated heterocycles. The Kier molecular flexibility index (Phi) is 5.95. The molecule has 120 valence electrons. The van der Waals surface area contributed by atoms with Crippen molar-refractivity contribution in [2.45, 2.75) is 26.3 Å². The third-order valence-electron chi connectivity index (χ3n) is 3.95. The summed E-state index contributed by atoms with van der Waals surface area (Å²) >= 11 is 0. The van der Waals surface area contributed by atoms with Crippen LogP contribution in [0.1, 0.15) is 24.0 Å². The summed E-state index contributed by atoms with van der Waals surface area (Å²) in [5.41, 5.74) is 2.27. The summed E-state index contributed by atoms with van der Waals surface area (Å²) in [6.07, 6.45) is 1.12. The van der Waals surface area contributed by atoms with Gasteiger partial charge in [-0.25, -0.2) is 0 Å². The van der Waals surface area contributed by atoms with Gasteiger partial charge in [0.25, 0.3) is 0 Å².